The Morgan fingerprint density at radius 1 is 1.42 bits per heavy atom. The summed E-state index contributed by atoms with van der Waals surface area (Å²) in [5, 5.41) is 12.9. The molecule has 0 bridgehead atoms. The van der Waals surface area contributed by atoms with E-state index in [1.54, 1.807) is 0 Å². The van der Waals surface area contributed by atoms with Crippen LogP contribution in [0.15, 0.2) is 16.6 Å². The van der Waals surface area contributed by atoms with Gasteiger partial charge in [0.2, 0.25) is 0 Å². The summed E-state index contributed by atoms with van der Waals surface area (Å²) in [6, 6.07) is 4.42. The summed E-state index contributed by atoms with van der Waals surface area (Å²) in [6.45, 7) is 2.12. The molecular formula is C14H19BrClNO2. The van der Waals surface area contributed by atoms with E-state index in [1.807, 2.05) is 6.07 Å². The molecule has 0 saturated heterocycles. The molecule has 1 unspecified atom stereocenters. The molecule has 1 aliphatic rings. The van der Waals surface area contributed by atoms with Gasteiger partial charge < -0.3 is 15.2 Å². The summed E-state index contributed by atoms with van der Waals surface area (Å²) in [6.07, 6.45) is 3.16. The predicted molar refractivity (Wildman–Crippen MR) is 80.7 cm³/mol. The molecule has 0 saturated carbocycles. The minimum Gasteiger partial charge on any atom is -0.394 e. The third kappa shape index (κ3) is 4.17. The number of halogens is 2. The van der Waals surface area contributed by atoms with Crippen LogP contribution in [0.25, 0.3) is 0 Å². The lowest BCUT2D eigenvalue weighted by Gasteiger charge is -2.14. The molecule has 1 aromatic carbocycles. The summed E-state index contributed by atoms with van der Waals surface area (Å²) >= 11 is 9.69. The van der Waals surface area contributed by atoms with Crippen LogP contribution in [0, 0.1) is 0 Å². The molecule has 0 spiro atoms. The van der Waals surface area contributed by atoms with Crippen molar-refractivity contribution >= 4 is 27.5 Å². The lowest BCUT2D eigenvalue weighted by Crippen LogP contribution is -2.21. The maximum atomic E-state index is 8.60. The average Bonchev–Trinajstić information content (AvgIpc) is 2.77. The lowest BCUT2D eigenvalue weighted by molar-refractivity contribution is 0.0904. The molecule has 2 N–H and O–H groups in total. The highest BCUT2D eigenvalue weighted by atomic mass is 79.9. The monoisotopic (exact) mass is 347 g/mol. The molecule has 0 aromatic heterocycles. The first kappa shape index (κ1) is 15.3. The number of aliphatic hydroxyl groups excluding tert-OH is 1. The van der Waals surface area contributed by atoms with Crippen molar-refractivity contribution in [3.05, 3.63) is 32.8 Å². The Morgan fingerprint density at radius 3 is 3.05 bits per heavy atom. The lowest BCUT2D eigenvalue weighted by atomic mass is 10.1. The van der Waals surface area contributed by atoms with Gasteiger partial charge in [-0.1, -0.05) is 27.5 Å². The van der Waals surface area contributed by atoms with E-state index in [4.69, 9.17) is 21.4 Å². The Morgan fingerprint density at radius 2 is 2.26 bits per heavy atom. The molecule has 0 amide bonds. The van der Waals surface area contributed by atoms with Crippen molar-refractivity contribution in [3.8, 4) is 0 Å². The first-order valence-electron chi connectivity index (χ1n) is 6.62. The zero-order valence-corrected chi connectivity index (χ0v) is 13.1. The number of ether oxygens (including phenoxy) is 1. The second-order valence-corrected chi connectivity index (χ2v) is 5.98. The number of fused-ring (bicyclic) bond motifs is 1. The van der Waals surface area contributed by atoms with Gasteiger partial charge in [-0.2, -0.15) is 0 Å². The van der Waals surface area contributed by atoms with Crippen LogP contribution in [0.4, 0.5) is 0 Å². The van der Waals surface area contributed by atoms with E-state index in [9.17, 15) is 0 Å². The number of aliphatic hydroxyl groups is 1. The van der Waals surface area contributed by atoms with Crippen LogP contribution >= 0.6 is 27.5 Å². The van der Waals surface area contributed by atoms with Crippen LogP contribution in [0.5, 0.6) is 0 Å². The Balaban J connectivity index is 1.82. The van der Waals surface area contributed by atoms with E-state index >= 15 is 0 Å². The van der Waals surface area contributed by atoms with E-state index in [1.165, 1.54) is 11.1 Å². The average molecular weight is 349 g/mol. The second kappa shape index (κ2) is 7.60. The normalized spacial score (nSPS) is 17.7. The Bertz CT molecular complexity index is 428. The zero-order valence-electron chi connectivity index (χ0n) is 10.8. The summed E-state index contributed by atoms with van der Waals surface area (Å²) in [7, 11) is 0. The molecule has 0 radical (unpaired) electrons. The topological polar surface area (TPSA) is 41.5 Å². The molecule has 1 atom stereocenters. The third-order valence-corrected chi connectivity index (χ3v) is 4.27. The summed E-state index contributed by atoms with van der Waals surface area (Å²) in [4.78, 5) is 0. The fourth-order valence-corrected chi connectivity index (χ4v) is 3.50. The van der Waals surface area contributed by atoms with Crippen molar-refractivity contribution in [2.75, 3.05) is 26.4 Å². The van der Waals surface area contributed by atoms with Crippen LogP contribution in [0.3, 0.4) is 0 Å². The first-order valence-corrected chi connectivity index (χ1v) is 7.79. The van der Waals surface area contributed by atoms with E-state index < -0.39 is 0 Å². The minimum atomic E-state index is 0.0932. The summed E-state index contributed by atoms with van der Waals surface area (Å²) in [5.74, 6) is 0. The van der Waals surface area contributed by atoms with Crippen molar-refractivity contribution < 1.29 is 9.84 Å². The quantitative estimate of drug-likeness (QED) is 0.744. The molecule has 5 heteroatoms. The zero-order chi connectivity index (χ0) is 13.7. The number of rotatable bonds is 7. The van der Waals surface area contributed by atoms with Crippen LogP contribution in [0.2, 0.25) is 5.02 Å². The highest BCUT2D eigenvalue weighted by Gasteiger charge is 2.24. The Hall–Kier alpha value is -0.130. The van der Waals surface area contributed by atoms with Gasteiger partial charge in [0, 0.05) is 22.1 Å². The number of nitrogens with one attached hydrogen (secondary N) is 1. The molecule has 1 aliphatic carbocycles. The van der Waals surface area contributed by atoms with E-state index in [-0.39, 0.29) is 6.61 Å². The van der Waals surface area contributed by atoms with Crippen molar-refractivity contribution in [1.82, 2.24) is 5.32 Å². The van der Waals surface area contributed by atoms with Gasteiger partial charge in [-0.3, -0.25) is 0 Å². The van der Waals surface area contributed by atoms with Gasteiger partial charge in [0.25, 0.3) is 0 Å². The van der Waals surface area contributed by atoms with Crippen LogP contribution in [-0.2, 0) is 11.2 Å². The molecule has 3 nitrogen and oxygen atoms in total. The Labute approximate surface area is 127 Å². The summed E-state index contributed by atoms with van der Waals surface area (Å²) in [5.41, 5.74) is 2.69. The maximum absolute atomic E-state index is 8.60. The molecule has 0 fully saturated rings. The van der Waals surface area contributed by atoms with Gasteiger partial charge in [0.15, 0.2) is 0 Å². The van der Waals surface area contributed by atoms with Crippen LogP contribution < -0.4 is 5.32 Å². The fraction of sp³-hybridized carbons (Fsp3) is 0.571. The highest BCUT2D eigenvalue weighted by Crippen LogP contribution is 2.37. The number of hydrogen-bond donors (Lipinski definition) is 2. The number of hydrogen-bond acceptors (Lipinski definition) is 3. The molecule has 0 aliphatic heterocycles. The minimum absolute atomic E-state index is 0.0932. The number of benzene rings is 1. The van der Waals surface area contributed by atoms with Crippen molar-refractivity contribution in [1.29, 1.82) is 0 Å². The summed E-state index contributed by atoms with van der Waals surface area (Å²) < 4.78 is 6.35. The first-order chi connectivity index (χ1) is 9.22. The fourth-order valence-electron chi connectivity index (χ4n) is 2.47. The largest absolute Gasteiger partial charge is 0.394 e. The van der Waals surface area contributed by atoms with Gasteiger partial charge in [-0.25, -0.2) is 0 Å². The van der Waals surface area contributed by atoms with Gasteiger partial charge in [-0.05, 0) is 49.1 Å². The second-order valence-electron chi connectivity index (χ2n) is 4.69. The van der Waals surface area contributed by atoms with Crippen molar-refractivity contribution in [2.24, 2.45) is 0 Å². The van der Waals surface area contributed by atoms with Gasteiger partial charge in [-0.15, -0.1) is 0 Å². The smallest absolute Gasteiger partial charge is 0.0697 e. The van der Waals surface area contributed by atoms with E-state index in [2.05, 4.69) is 27.3 Å². The SMILES string of the molecule is OCCOCCCNC1CCc2c(Br)cc(Cl)cc21. The molecular weight excluding hydrogens is 330 g/mol. The van der Waals surface area contributed by atoms with Gasteiger partial charge in [0.1, 0.15) is 0 Å². The standard InChI is InChI=1S/C14H19BrClNO2/c15-13-9-10(16)8-12-11(13)2-3-14(12)17-4-1-6-19-7-5-18/h8-9,14,17-18H,1-7H2. The van der Waals surface area contributed by atoms with Crippen molar-refractivity contribution in [3.63, 3.8) is 0 Å². The molecule has 106 valence electrons. The Kier molecular flexibility index (Phi) is 6.10. The van der Waals surface area contributed by atoms with Gasteiger partial charge >= 0.3 is 0 Å². The molecule has 1 aromatic rings. The highest BCUT2D eigenvalue weighted by molar-refractivity contribution is 9.10. The third-order valence-electron chi connectivity index (χ3n) is 3.34. The molecule has 0 heterocycles. The van der Waals surface area contributed by atoms with Crippen molar-refractivity contribution in [2.45, 2.75) is 25.3 Å². The molecule has 19 heavy (non-hydrogen) atoms. The van der Waals surface area contributed by atoms with Crippen LogP contribution in [0.1, 0.15) is 30.0 Å². The van der Waals surface area contributed by atoms with Crippen LogP contribution in [-0.4, -0.2) is 31.5 Å². The molecule has 2 rings (SSSR count). The maximum Gasteiger partial charge on any atom is 0.0697 e. The van der Waals surface area contributed by atoms with E-state index in [0.717, 1.165) is 35.3 Å². The predicted octanol–water partition coefficient (Wildman–Crippen LogP) is 3.08. The van der Waals surface area contributed by atoms with Gasteiger partial charge in [0.05, 0.1) is 13.2 Å². The van der Waals surface area contributed by atoms with E-state index in [0.29, 0.717) is 19.3 Å².